The smallest absolute Gasteiger partial charge is 0.263 e. The van der Waals surface area contributed by atoms with Crippen molar-refractivity contribution in [2.24, 2.45) is 0 Å². The molecule has 1 amide bonds. The summed E-state index contributed by atoms with van der Waals surface area (Å²) in [6.45, 7) is 3.73. The van der Waals surface area contributed by atoms with Gasteiger partial charge in [-0.25, -0.2) is 13.9 Å². The van der Waals surface area contributed by atoms with E-state index in [1.807, 2.05) is 0 Å². The van der Waals surface area contributed by atoms with Crippen LogP contribution in [0.2, 0.25) is 0 Å². The molecule has 0 aliphatic carbocycles. The molecule has 1 aliphatic heterocycles. The third-order valence-corrected chi connectivity index (χ3v) is 7.00. The normalized spacial score (nSPS) is 21.7. The van der Waals surface area contributed by atoms with Crippen molar-refractivity contribution >= 4 is 27.7 Å². The van der Waals surface area contributed by atoms with Gasteiger partial charge >= 0.3 is 0 Å². The molecule has 1 fully saturated rings. The first-order chi connectivity index (χ1) is 10.8. The second kappa shape index (κ2) is 6.68. The molecule has 7 nitrogen and oxygen atoms in total. The molecule has 0 saturated carbocycles. The lowest BCUT2D eigenvalue weighted by molar-refractivity contribution is -0.134. The number of carbonyl (C=O) groups excluding carboxylic acids is 1. The van der Waals surface area contributed by atoms with Crippen LogP contribution in [0, 0.1) is 0 Å². The lowest BCUT2D eigenvalue weighted by atomic mass is 10.0. The monoisotopic (exact) mass is 360 g/mol. The molecule has 0 spiro atoms. The maximum Gasteiger partial charge on any atom is 0.263 e. The summed E-state index contributed by atoms with van der Waals surface area (Å²) in [7, 11) is -2.57. The van der Waals surface area contributed by atoms with Gasteiger partial charge in [-0.2, -0.15) is 16.1 Å². The lowest BCUT2D eigenvalue weighted by Gasteiger charge is -2.43. The van der Waals surface area contributed by atoms with Gasteiger partial charge in [0, 0.05) is 17.0 Å². The standard InChI is InChI=1S/C14H20N2O5S2/c1-14(2)12(13(17)15-18)16(8-9-22-14)23(19,20)11-7-5-4-6-10(11)21-3/h4-7,12,18H,8-9H2,1-3H3,(H,15,17). The molecule has 1 heterocycles. The fourth-order valence-corrected chi connectivity index (χ4v) is 5.94. The van der Waals surface area contributed by atoms with Crippen LogP contribution in [0.1, 0.15) is 13.8 Å². The number of methoxy groups -OCH3 is 1. The molecule has 1 atom stereocenters. The number of hydroxylamine groups is 1. The zero-order chi connectivity index (χ0) is 17.3. The Morgan fingerprint density at radius 2 is 2.09 bits per heavy atom. The van der Waals surface area contributed by atoms with E-state index in [0.29, 0.717) is 5.75 Å². The number of hydrogen-bond donors (Lipinski definition) is 2. The highest BCUT2D eigenvalue weighted by atomic mass is 32.2. The van der Waals surface area contributed by atoms with Gasteiger partial charge in [-0.1, -0.05) is 12.1 Å². The highest BCUT2D eigenvalue weighted by molar-refractivity contribution is 8.01. The SMILES string of the molecule is COc1ccccc1S(=O)(=O)N1CCSC(C)(C)C1C(=O)NO. The Balaban J connectivity index is 2.54. The highest BCUT2D eigenvalue weighted by Crippen LogP contribution is 2.39. The van der Waals surface area contributed by atoms with E-state index in [9.17, 15) is 13.2 Å². The second-order valence-corrected chi connectivity index (χ2v) is 9.21. The summed E-state index contributed by atoms with van der Waals surface area (Å²) in [6, 6.07) is 5.24. The molecule has 1 aromatic carbocycles. The number of amides is 1. The van der Waals surface area contributed by atoms with Crippen LogP contribution in [0.5, 0.6) is 5.75 Å². The number of nitrogens with zero attached hydrogens (tertiary/aromatic N) is 1. The van der Waals surface area contributed by atoms with E-state index in [1.54, 1.807) is 37.5 Å². The van der Waals surface area contributed by atoms with E-state index in [4.69, 9.17) is 9.94 Å². The molecule has 1 aliphatic rings. The molecule has 2 N–H and O–H groups in total. The van der Waals surface area contributed by atoms with Crippen LogP contribution >= 0.6 is 11.8 Å². The zero-order valence-electron chi connectivity index (χ0n) is 13.1. The van der Waals surface area contributed by atoms with Crippen LogP contribution in [-0.2, 0) is 14.8 Å². The first kappa shape index (κ1) is 18.1. The second-order valence-electron chi connectivity index (χ2n) is 5.60. The number of thioether (sulfide) groups is 1. The van der Waals surface area contributed by atoms with E-state index < -0.39 is 26.7 Å². The van der Waals surface area contributed by atoms with E-state index in [2.05, 4.69) is 0 Å². The molecule has 0 bridgehead atoms. The number of hydrogen-bond acceptors (Lipinski definition) is 6. The number of rotatable bonds is 4. The van der Waals surface area contributed by atoms with Gasteiger partial charge in [-0.3, -0.25) is 10.0 Å². The van der Waals surface area contributed by atoms with Crippen molar-refractivity contribution in [3.63, 3.8) is 0 Å². The van der Waals surface area contributed by atoms with Crippen LogP contribution < -0.4 is 10.2 Å². The van der Waals surface area contributed by atoms with Crippen molar-refractivity contribution in [1.82, 2.24) is 9.79 Å². The van der Waals surface area contributed by atoms with Crippen molar-refractivity contribution in [1.29, 1.82) is 0 Å². The number of benzene rings is 1. The van der Waals surface area contributed by atoms with E-state index >= 15 is 0 Å². The van der Waals surface area contributed by atoms with Gasteiger partial charge in [0.2, 0.25) is 10.0 Å². The minimum absolute atomic E-state index is 0.000870. The van der Waals surface area contributed by atoms with Gasteiger partial charge in [-0.15, -0.1) is 0 Å². The van der Waals surface area contributed by atoms with Gasteiger partial charge in [0.25, 0.3) is 5.91 Å². The molecular formula is C14H20N2O5S2. The van der Waals surface area contributed by atoms with Crippen LogP contribution in [-0.4, -0.2) is 54.0 Å². The molecule has 23 heavy (non-hydrogen) atoms. The van der Waals surface area contributed by atoms with E-state index in [1.165, 1.54) is 24.9 Å². The number of nitrogens with one attached hydrogen (secondary N) is 1. The summed E-state index contributed by atoms with van der Waals surface area (Å²) in [5.74, 6) is 0.0173. The number of para-hydroxylation sites is 1. The highest BCUT2D eigenvalue weighted by Gasteiger charge is 2.48. The van der Waals surface area contributed by atoms with Crippen molar-refractivity contribution in [3.8, 4) is 5.75 Å². The minimum Gasteiger partial charge on any atom is -0.495 e. The molecule has 9 heteroatoms. The lowest BCUT2D eigenvalue weighted by Crippen LogP contribution is -2.61. The van der Waals surface area contributed by atoms with Crippen LogP contribution in [0.15, 0.2) is 29.2 Å². The van der Waals surface area contributed by atoms with Crippen LogP contribution in [0.4, 0.5) is 0 Å². The van der Waals surface area contributed by atoms with Crippen LogP contribution in [0.25, 0.3) is 0 Å². The summed E-state index contributed by atoms with van der Waals surface area (Å²) in [4.78, 5) is 12.1. The predicted octanol–water partition coefficient (Wildman–Crippen LogP) is 1.09. The summed E-state index contributed by atoms with van der Waals surface area (Å²) >= 11 is 1.49. The quantitative estimate of drug-likeness (QED) is 0.616. The molecule has 0 radical (unpaired) electrons. The van der Waals surface area contributed by atoms with Gasteiger partial charge in [0.05, 0.1) is 7.11 Å². The predicted molar refractivity (Wildman–Crippen MR) is 87.1 cm³/mol. The number of carbonyl (C=O) groups is 1. The fraction of sp³-hybridized carbons (Fsp3) is 0.500. The zero-order valence-corrected chi connectivity index (χ0v) is 14.8. The average Bonchev–Trinajstić information content (AvgIpc) is 2.53. The summed E-state index contributed by atoms with van der Waals surface area (Å²) in [5.41, 5.74) is 1.58. The maximum absolute atomic E-state index is 13.1. The third kappa shape index (κ3) is 3.32. The Morgan fingerprint density at radius 3 is 2.70 bits per heavy atom. The number of sulfonamides is 1. The van der Waals surface area contributed by atoms with Crippen LogP contribution in [0.3, 0.4) is 0 Å². The van der Waals surface area contributed by atoms with Crippen molar-refractivity contribution < 1.29 is 23.2 Å². The molecule has 1 aromatic rings. The molecule has 1 saturated heterocycles. The molecular weight excluding hydrogens is 340 g/mol. The van der Waals surface area contributed by atoms with Crippen molar-refractivity contribution in [2.45, 2.75) is 29.5 Å². The molecule has 2 rings (SSSR count). The minimum atomic E-state index is -3.96. The average molecular weight is 360 g/mol. The van der Waals surface area contributed by atoms with Gasteiger partial charge in [0.1, 0.15) is 16.7 Å². The topological polar surface area (TPSA) is 95.9 Å². The largest absolute Gasteiger partial charge is 0.495 e. The Bertz CT molecular complexity index is 690. The van der Waals surface area contributed by atoms with Crippen molar-refractivity contribution in [2.75, 3.05) is 19.4 Å². The first-order valence-corrected chi connectivity index (χ1v) is 9.41. The summed E-state index contributed by atoms with van der Waals surface area (Å²) < 4.78 is 31.7. The molecule has 128 valence electrons. The third-order valence-electron chi connectivity index (χ3n) is 3.75. The fourth-order valence-electron chi connectivity index (χ4n) is 2.68. The Labute approximate surface area is 140 Å². The Morgan fingerprint density at radius 1 is 1.43 bits per heavy atom. The van der Waals surface area contributed by atoms with Gasteiger partial charge in [-0.05, 0) is 26.0 Å². The van der Waals surface area contributed by atoms with Gasteiger partial charge < -0.3 is 4.74 Å². The summed E-state index contributed by atoms with van der Waals surface area (Å²) in [6.07, 6.45) is 0. The van der Waals surface area contributed by atoms with Gasteiger partial charge in [0.15, 0.2) is 0 Å². The number of ether oxygens (including phenoxy) is 1. The molecule has 0 aromatic heterocycles. The Hall–Kier alpha value is -1.29. The van der Waals surface area contributed by atoms with Crippen molar-refractivity contribution in [3.05, 3.63) is 24.3 Å². The molecule has 1 unspecified atom stereocenters. The van der Waals surface area contributed by atoms with E-state index in [-0.39, 0.29) is 17.2 Å². The Kier molecular flexibility index (Phi) is 5.24. The maximum atomic E-state index is 13.1. The van der Waals surface area contributed by atoms with E-state index in [0.717, 1.165) is 4.31 Å². The summed E-state index contributed by atoms with van der Waals surface area (Å²) in [5, 5.41) is 9.02. The first-order valence-electron chi connectivity index (χ1n) is 6.98.